The second kappa shape index (κ2) is 8.01. The van der Waals surface area contributed by atoms with Crippen molar-refractivity contribution in [3.8, 4) is 11.9 Å². The molecule has 140 valence electrons. The van der Waals surface area contributed by atoms with Crippen LogP contribution < -0.4 is 10.1 Å². The van der Waals surface area contributed by atoms with Gasteiger partial charge in [-0.2, -0.15) is 5.26 Å². The molecule has 1 fully saturated rings. The fourth-order valence-electron chi connectivity index (χ4n) is 2.60. The summed E-state index contributed by atoms with van der Waals surface area (Å²) in [6, 6.07) is 2.98. The van der Waals surface area contributed by atoms with Crippen molar-refractivity contribution < 1.29 is 19.0 Å². The van der Waals surface area contributed by atoms with Crippen molar-refractivity contribution in [1.29, 1.82) is 5.26 Å². The van der Waals surface area contributed by atoms with Crippen molar-refractivity contribution in [3.63, 3.8) is 0 Å². The Morgan fingerprint density at radius 2 is 2.15 bits per heavy atom. The zero-order chi connectivity index (χ0) is 19.4. The summed E-state index contributed by atoms with van der Waals surface area (Å²) < 4.78 is 19.7. The number of piperidine rings is 1. The summed E-state index contributed by atoms with van der Waals surface area (Å²) in [5, 5.41) is 21.1. The van der Waals surface area contributed by atoms with Crippen molar-refractivity contribution in [2.24, 2.45) is 0 Å². The number of rotatable bonds is 4. The van der Waals surface area contributed by atoms with Gasteiger partial charge in [0.05, 0.1) is 11.9 Å². The van der Waals surface area contributed by atoms with Gasteiger partial charge in [-0.15, -0.1) is 0 Å². The average molecular weight is 393 g/mol. The van der Waals surface area contributed by atoms with Crippen LogP contribution in [0.3, 0.4) is 0 Å². The lowest BCUT2D eigenvalue weighted by molar-refractivity contribution is 0.0869. The second-order valence-electron chi connectivity index (χ2n) is 5.71. The summed E-state index contributed by atoms with van der Waals surface area (Å²) in [6.07, 6.45) is 2.05. The van der Waals surface area contributed by atoms with Crippen LogP contribution in [0.4, 0.5) is 20.7 Å². The van der Waals surface area contributed by atoms with Crippen LogP contribution in [-0.2, 0) is 0 Å². The van der Waals surface area contributed by atoms with E-state index in [1.807, 2.05) is 6.07 Å². The van der Waals surface area contributed by atoms with Gasteiger partial charge in [-0.3, -0.25) is 0 Å². The van der Waals surface area contributed by atoms with Crippen LogP contribution in [0.2, 0.25) is 5.15 Å². The third-order valence-electron chi connectivity index (χ3n) is 3.99. The standard InChI is InChI=1S/C16H14ClFN6O3/c17-13-5-11(18)12(7-20-13)23-14-10(6-19)15(22-8-21-14)27-9-1-3-24(4-2-9)16(25)26/h5,7-9H,1-4H2,(H,25,26)(H,21,22,23). The molecule has 0 unspecified atom stereocenters. The predicted octanol–water partition coefficient (Wildman–Crippen LogP) is 2.80. The van der Waals surface area contributed by atoms with Crippen molar-refractivity contribution >= 4 is 29.2 Å². The van der Waals surface area contributed by atoms with Gasteiger partial charge < -0.3 is 20.1 Å². The first-order valence-corrected chi connectivity index (χ1v) is 8.33. The first-order valence-electron chi connectivity index (χ1n) is 7.95. The molecule has 1 amide bonds. The summed E-state index contributed by atoms with van der Waals surface area (Å²) >= 11 is 5.62. The Hall–Kier alpha value is -3.19. The number of pyridine rings is 1. The number of ether oxygens (including phenoxy) is 1. The molecule has 2 N–H and O–H groups in total. The van der Waals surface area contributed by atoms with Gasteiger partial charge in [0.25, 0.3) is 0 Å². The third kappa shape index (κ3) is 4.32. The normalized spacial score (nSPS) is 14.5. The van der Waals surface area contributed by atoms with E-state index in [1.165, 1.54) is 17.4 Å². The molecular weight excluding hydrogens is 379 g/mol. The number of carboxylic acid groups (broad SMARTS) is 1. The summed E-state index contributed by atoms with van der Waals surface area (Å²) in [5.74, 6) is -0.541. The van der Waals surface area contributed by atoms with E-state index in [2.05, 4.69) is 20.3 Å². The molecule has 1 aliphatic rings. The molecule has 0 radical (unpaired) electrons. The van der Waals surface area contributed by atoms with Crippen LogP contribution in [0.15, 0.2) is 18.6 Å². The molecule has 3 rings (SSSR count). The second-order valence-corrected chi connectivity index (χ2v) is 6.10. The fraction of sp³-hybridized carbons (Fsp3) is 0.312. The number of hydrogen-bond donors (Lipinski definition) is 2. The van der Waals surface area contributed by atoms with Crippen LogP contribution in [-0.4, -0.2) is 50.2 Å². The molecule has 3 heterocycles. The van der Waals surface area contributed by atoms with Crippen molar-refractivity contribution in [2.75, 3.05) is 18.4 Å². The zero-order valence-electron chi connectivity index (χ0n) is 13.9. The zero-order valence-corrected chi connectivity index (χ0v) is 14.6. The van der Waals surface area contributed by atoms with E-state index in [9.17, 15) is 14.4 Å². The summed E-state index contributed by atoms with van der Waals surface area (Å²) in [6.45, 7) is 0.666. The Kier molecular flexibility index (Phi) is 5.52. The minimum Gasteiger partial charge on any atom is -0.473 e. The van der Waals surface area contributed by atoms with Gasteiger partial charge in [-0.05, 0) is 0 Å². The lowest BCUT2D eigenvalue weighted by Gasteiger charge is -2.30. The molecule has 9 nitrogen and oxygen atoms in total. The third-order valence-corrected chi connectivity index (χ3v) is 4.19. The molecule has 27 heavy (non-hydrogen) atoms. The maximum atomic E-state index is 13.9. The molecule has 1 aliphatic heterocycles. The molecule has 0 aromatic carbocycles. The van der Waals surface area contributed by atoms with E-state index in [4.69, 9.17) is 21.4 Å². The number of nitrogens with one attached hydrogen (secondary N) is 1. The Morgan fingerprint density at radius 1 is 1.41 bits per heavy atom. The summed E-state index contributed by atoms with van der Waals surface area (Å²) in [4.78, 5) is 24.0. The van der Waals surface area contributed by atoms with Crippen molar-refractivity contribution in [2.45, 2.75) is 18.9 Å². The number of likely N-dealkylation sites (tertiary alicyclic amines) is 1. The minimum atomic E-state index is -0.974. The summed E-state index contributed by atoms with van der Waals surface area (Å²) in [5.41, 5.74) is 0.00262. The highest BCUT2D eigenvalue weighted by Crippen LogP contribution is 2.27. The molecule has 0 saturated carbocycles. The monoisotopic (exact) mass is 392 g/mol. The first kappa shape index (κ1) is 18.6. The highest BCUT2D eigenvalue weighted by molar-refractivity contribution is 6.29. The molecule has 0 bridgehead atoms. The van der Waals surface area contributed by atoms with E-state index in [0.717, 1.165) is 6.07 Å². The smallest absolute Gasteiger partial charge is 0.407 e. The lowest BCUT2D eigenvalue weighted by Crippen LogP contribution is -2.41. The highest BCUT2D eigenvalue weighted by atomic mass is 35.5. The van der Waals surface area contributed by atoms with Crippen LogP contribution in [0.25, 0.3) is 0 Å². The van der Waals surface area contributed by atoms with Crippen LogP contribution >= 0.6 is 11.6 Å². The molecule has 0 spiro atoms. The van der Waals surface area contributed by atoms with Crippen LogP contribution in [0.1, 0.15) is 18.4 Å². The molecule has 0 atom stereocenters. The van der Waals surface area contributed by atoms with Gasteiger partial charge in [0, 0.05) is 32.0 Å². The fourth-order valence-corrected chi connectivity index (χ4v) is 2.75. The number of aromatic nitrogens is 3. The maximum absolute atomic E-state index is 13.9. The Bertz CT molecular complexity index is 898. The lowest BCUT2D eigenvalue weighted by atomic mass is 10.1. The van der Waals surface area contributed by atoms with Crippen molar-refractivity contribution in [1.82, 2.24) is 19.9 Å². The van der Waals surface area contributed by atoms with Gasteiger partial charge >= 0.3 is 6.09 Å². The van der Waals surface area contributed by atoms with E-state index >= 15 is 0 Å². The van der Waals surface area contributed by atoms with Gasteiger partial charge in [-0.1, -0.05) is 11.6 Å². The van der Waals surface area contributed by atoms with Gasteiger partial charge in [0.15, 0.2) is 17.2 Å². The van der Waals surface area contributed by atoms with Crippen LogP contribution in [0.5, 0.6) is 5.88 Å². The number of amides is 1. The SMILES string of the molecule is N#Cc1c(Nc2cnc(Cl)cc2F)ncnc1OC1CCN(C(=O)O)CC1. The number of anilines is 2. The quantitative estimate of drug-likeness (QED) is 0.761. The molecule has 2 aromatic heterocycles. The van der Waals surface area contributed by atoms with Gasteiger partial charge in [0.2, 0.25) is 5.88 Å². The van der Waals surface area contributed by atoms with E-state index in [-0.39, 0.29) is 34.2 Å². The van der Waals surface area contributed by atoms with E-state index in [0.29, 0.717) is 25.9 Å². The topological polar surface area (TPSA) is 124 Å². The summed E-state index contributed by atoms with van der Waals surface area (Å²) in [7, 11) is 0. The number of nitriles is 1. The first-order chi connectivity index (χ1) is 13.0. The number of nitrogens with zero attached hydrogens (tertiary/aromatic N) is 5. The average Bonchev–Trinajstić information content (AvgIpc) is 2.65. The minimum absolute atomic E-state index is 0.00188. The molecule has 2 aromatic rings. The largest absolute Gasteiger partial charge is 0.473 e. The molecular formula is C16H14ClFN6O3. The highest BCUT2D eigenvalue weighted by Gasteiger charge is 2.25. The van der Waals surface area contributed by atoms with Crippen LogP contribution in [0, 0.1) is 17.1 Å². The Morgan fingerprint density at radius 3 is 2.78 bits per heavy atom. The van der Waals surface area contributed by atoms with E-state index < -0.39 is 11.9 Å². The molecule has 0 aliphatic carbocycles. The van der Waals surface area contributed by atoms with E-state index in [1.54, 1.807) is 0 Å². The molecule has 1 saturated heterocycles. The number of carbonyl (C=O) groups is 1. The maximum Gasteiger partial charge on any atom is 0.407 e. The number of hydrogen-bond acceptors (Lipinski definition) is 7. The van der Waals surface area contributed by atoms with Crippen molar-refractivity contribution in [3.05, 3.63) is 35.1 Å². The van der Waals surface area contributed by atoms with Gasteiger partial charge in [-0.25, -0.2) is 24.1 Å². The molecule has 11 heteroatoms. The predicted molar refractivity (Wildman–Crippen MR) is 92.5 cm³/mol. The Balaban J connectivity index is 1.77. The van der Waals surface area contributed by atoms with Gasteiger partial charge in [0.1, 0.15) is 23.7 Å². The number of halogens is 2. The Labute approximate surface area is 158 Å².